The molecule has 1 amide bonds. The molecule has 1 N–H and O–H groups in total. The molecule has 190 valence electrons. The lowest BCUT2D eigenvalue weighted by Crippen LogP contribution is -2.29. The number of halogens is 1. The predicted octanol–water partition coefficient (Wildman–Crippen LogP) is 5.59. The lowest BCUT2D eigenvalue weighted by molar-refractivity contribution is 0.0955. The standard InChI is InChI=1S/C28H27BrN4O3S/c1-20-17-24(21(2)33(20)27-15-13-25(29)14-16-27)18-30-31-28(34)23-11-9-22(10-12-23)19-32(37(3,35)36)26-7-5-4-6-8-26/h4-18H,19H2,1-3H3,(H,31,34)/b30-18-. The van der Waals surface area contributed by atoms with Gasteiger partial charge in [0.15, 0.2) is 0 Å². The van der Waals surface area contributed by atoms with Crippen molar-refractivity contribution >= 4 is 43.8 Å². The number of para-hydroxylation sites is 1. The molecule has 0 fully saturated rings. The van der Waals surface area contributed by atoms with E-state index in [1.807, 2.05) is 50.2 Å². The van der Waals surface area contributed by atoms with Crippen molar-refractivity contribution in [3.8, 4) is 5.69 Å². The molecule has 1 aromatic heterocycles. The van der Waals surface area contributed by atoms with Gasteiger partial charge < -0.3 is 4.57 Å². The number of rotatable bonds is 8. The third-order valence-corrected chi connectivity index (χ3v) is 7.58. The van der Waals surface area contributed by atoms with Gasteiger partial charge in [-0.25, -0.2) is 13.8 Å². The van der Waals surface area contributed by atoms with E-state index in [0.717, 1.165) is 32.7 Å². The summed E-state index contributed by atoms with van der Waals surface area (Å²) in [6, 6.07) is 25.8. The number of carbonyl (C=O) groups excluding carboxylic acids is 1. The van der Waals surface area contributed by atoms with Crippen LogP contribution in [0.3, 0.4) is 0 Å². The molecule has 0 spiro atoms. The van der Waals surface area contributed by atoms with Crippen LogP contribution in [-0.2, 0) is 16.6 Å². The molecular formula is C28H27BrN4O3S. The molecule has 4 aromatic rings. The van der Waals surface area contributed by atoms with E-state index in [4.69, 9.17) is 0 Å². The summed E-state index contributed by atoms with van der Waals surface area (Å²) in [5.41, 5.74) is 8.35. The number of hydrogen-bond donors (Lipinski definition) is 1. The second kappa shape index (κ2) is 11.1. The van der Waals surface area contributed by atoms with Crippen LogP contribution in [-0.4, -0.2) is 31.4 Å². The van der Waals surface area contributed by atoms with Gasteiger partial charge in [-0.05, 0) is 74.0 Å². The van der Waals surface area contributed by atoms with Gasteiger partial charge in [0.2, 0.25) is 10.0 Å². The number of nitrogens with zero attached hydrogens (tertiary/aromatic N) is 3. The zero-order chi connectivity index (χ0) is 26.6. The van der Waals surface area contributed by atoms with Crippen LogP contribution in [0.1, 0.15) is 32.9 Å². The number of anilines is 1. The van der Waals surface area contributed by atoms with Crippen LogP contribution in [0.2, 0.25) is 0 Å². The molecule has 0 bridgehead atoms. The SMILES string of the molecule is Cc1cc(/C=N\NC(=O)c2ccc(CN(c3ccccc3)S(C)(=O)=O)cc2)c(C)n1-c1ccc(Br)cc1. The zero-order valence-electron chi connectivity index (χ0n) is 20.7. The van der Waals surface area contributed by atoms with Crippen molar-refractivity contribution in [1.29, 1.82) is 0 Å². The van der Waals surface area contributed by atoms with Crippen LogP contribution in [0.25, 0.3) is 5.69 Å². The van der Waals surface area contributed by atoms with E-state index >= 15 is 0 Å². The summed E-state index contributed by atoms with van der Waals surface area (Å²) in [6.07, 6.45) is 2.81. The first-order valence-corrected chi connectivity index (χ1v) is 14.2. The maximum absolute atomic E-state index is 12.6. The molecule has 4 rings (SSSR count). The van der Waals surface area contributed by atoms with Gasteiger partial charge in [-0.3, -0.25) is 9.10 Å². The minimum absolute atomic E-state index is 0.164. The summed E-state index contributed by atoms with van der Waals surface area (Å²) >= 11 is 3.46. The highest BCUT2D eigenvalue weighted by molar-refractivity contribution is 9.10. The minimum atomic E-state index is -3.47. The fraction of sp³-hybridized carbons (Fsp3) is 0.143. The fourth-order valence-corrected chi connectivity index (χ4v) is 5.21. The molecule has 3 aromatic carbocycles. The Morgan fingerprint density at radius 1 is 1.00 bits per heavy atom. The van der Waals surface area contributed by atoms with E-state index in [-0.39, 0.29) is 12.5 Å². The number of aryl methyl sites for hydroxylation is 1. The van der Waals surface area contributed by atoms with E-state index in [2.05, 4.69) is 31.0 Å². The largest absolute Gasteiger partial charge is 0.318 e. The summed E-state index contributed by atoms with van der Waals surface area (Å²) in [5, 5.41) is 4.15. The van der Waals surface area contributed by atoms with Crippen LogP contribution in [0.15, 0.2) is 94.5 Å². The number of nitrogens with one attached hydrogen (secondary N) is 1. The summed E-state index contributed by atoms with van der Waals surface area (Å²) in [5.74, 6) is -0.354. The Kier molecular flexibility index (Phi) is 7.94. The van der Waals surface area contributed by atoms with E-state index in [9.17, 15) is 13.2 Å². The summed E-state index contributed by atoms with van der Waals surface area (Å²) in [7, 11) is -3.47. The molecule has 0 radical (unpaired) electrons. The van der Waals surface area contributed by atoms with E-state index in [0.29, 0.717) is 11.3 Å². The molecule has 0 unspecified atom stereocenters. The van der Waals surface area contributed by atoms with Gasteiger partial charge in [0.25, 0.3) is 5.91 Å². The van der Waals surface area contributed by atoms with Gasteiger partial charge in [-0.2, -0.15) is 5.10 Å². The van der Waals surface area contributed by atoms with Gasteiger partial charge in [-0.1, -0.05) is 46.3 Å². The first kappa shape index (κ1) is 26.4. The van der Waals surface area contributed by atoms with Crippen molar-refractivity contribution in [2.75, 3.05) is 10.6 Å². The molecule has 0 atom stereocenters. The lowest BCUT2D eigenvalue weighted by Gasteiger charge is -2.22. The molecule has 0 aliphatic carbocycles. The van der Waals surface area contributed by atoms with Gasteiger partial charge in [0, 0.05) is 32.7 Å². The fourth-order valence-electron chi connectivity index (χ4n) is 4.05. The maximum Gasteiger partial charge on any atom is 0.271 e. The summed E-state index contributed by atoms with van der Waals surface area (Å²) in [4.78, 5) is 12.6. The number of hydrazone groups is 1. The number of sulfonamides is 1. The van der Waals surface area contributed by atoms with Crippen LogP contribution in [0, 0.1) is 13.8 Å². The predicted molar refractivity (Wildman–Crippen MR) is 152 cm³/mol. The summed E-state index contributed by atoms with van der Waals surface area (Å²) in [6.45, 7) is 4.19. The molecular weight excluding hydrogens is 552 g/mol. The van der Waals surface area contributed by atoms with Crippen LogP contribution in [0.5, 0.6) is 0 Å². The molecule has 37 heavy (non-hydrogen) atoms. The Morgan fingerprint density at radius 2 is 1.65 bits per heavy atom. The van der Waals surface area contributed by atoms with Gasteiger partial charge >= 0.3 is 0 Å². The number of aromatic nitrogens is 1. The molecule has 0 saturated heterocycles. The highest BCUT2D eigenvalue weighted by Gasteiger charge is 2.18. The Hall–Kier alpha value is -3.69. The Bertz CT molecular complexity index is 1530. The zero-order valence-corrected chi connectivity index (χ0v) is 23.1. The first-order chi connectivity index (χ1) is 17.6. The van der Waals surface area contributed by atoms with Crippen LogP contribution < -0.4 is 9.73 Å². The van der Waals surface area contributed by atoms with Crippen molar-refractivity contribution < 1.29 is 13.2 Å². The van der Waals surface area contributed by atoms with E-state index in [1.165, 1.54) is 10.6 Å². The van der Waals surface area contributed by atoms with Gasteiger partial charge in [0.1, 0.15) is 0 Å². The van der Waals surface area contributed by atoms with Crippen molar-refractivity contribution in [3.63, 3.8) is 0 Å². The highest BCUT2D eigenvalue weighted by Crippen LogP contribution is 2.22. The number of hydrogen-bond acceptors (Lipinski definition) is 4. The maximum atomic E-state index is 12.6. The average Bonchev–Trinajstić information content (AvgIpc) is 3.16. The van der Waals surface area contributed by atoms with Crippen molar-refractivity contribution in [1.82, 2.24) is 9.99 Å². The second-order valence-corrected chi connectivity index (χ2v) is 11.5. The number of carbonyl (C=O) groups is 1. The lowest BCUT2D eigenvalue weighted by atomic mass is 10.1. The molecule has 0 saturated carbocycles. The average molecular weight is 580 g/mol. The molecule has 0 aliphatic rings. The third-order valence-electron chi connectivity index (χ3n) is 5.91. The topological polar surface area (TPSA) is 83.8 Å². The smallest absolute Gasteiger partial charge is 0.271 e. The third kappa shape index (κ3) is 6.36. The Morgan fingerprint density at radius 3 is 2.27 bits per heavy atom. The van der Waals surface area contributed by atoms with E-state index < -0.39 is 10.0 Å². The van der Waals surface area contributed by atoms with Gasteiger partial charge in [-0.15, -0.1) is 0 Å². The molecule has 7 nitrogen and oxygen atoms in total. The quantitative estimate of drug-likeness (QED) is 0.218. The Labute approximate surface area is 225 Å². The van der Waals surface area contributed by atoms with Crippen molar-refractivity contribution in [2.45, 2.75) is 20.4 Å². The minimum Gasteiger partial charge on any atom is -0.318 e. The van der Waals surface area contributed by atoms with Crippen molar-refractivity contribution in [2.24, 2.45) is 5.10 Å². The second-order valence-electron chi connectivity index (χ2n) is 8.64. The van der Waals surface area contributed by atoms with Crippen LogP contribution in [0.4, 0.5) is 5.69 Å². The first-order valence-electron chi connectivity index (χ1n) is 11.5. The molecule has 9 heteroatoms. The van der Waals surface area contributed by atoms with Crippen molar-refractivity contribution in [3.05, 3.63) is 117 Å². The summed E-state index contributed by atoms with van der Waals surface area (Å²) < 4.78 is 29.1. The van der Waals surface area contributed by atoms with Gasteiger partial charge in [0.05, 0.1) is 24.7 Å². The Balaban J connectivity index is 1.43. The number of benzene rings is 3. The number of amides is 1. The molecule has 0 aliphatic heterocycles. The normalized spacial score (nSPS) is 11.6. The van der Waals surface area contributed by atoms with Crippen LogP contribution >= 0.6 is 15.9 Å². The monoisotopic (exact) mass is 578 g/mol. The molecule has 1 heterocycles. The van der Waals surface area contributed by atoms with E-state index in [1.54, 1.807) is 54.7 Å². The highest BCUT2D eigenvalue weighted by atomic mass is 79.9.